The molecule has 0 bridgehead atoms. The molecule has 2 aromatic rings. The Labute approximate surface area is 110 Å². The van der Waals surface area contributed by atoms with E-state index in [1.807, 2.05) is 20.0 Å². The fraction of sp³-hybridized carbons (Fsp3) is 0.455. The van der Waals surface area contributed by atoms with Crippen molar-refractivity contribution in [2.24, 2.45) is 0 Å². The molecular formula is C11H15ClN6. The first-order valence-corrected chi connectivity index (χ1v) is 6.15. The van der Waals surface area contributed by atoms with E-state index in [1.54, 1.807) is 16.9 Å². The van der Waals surface area contributed by atoms with Crippen molar-refractivity contribution >= 4 is 17.4 Å². The van der Waals surface area contributed by atoms with Gasteiger partial charge in [0.05, 0.1) is 12.7 Å². The highest BCUT2D eigenvalue weighted by Gasteiger charge is 2.06. The molecule has 0 aliphatic rings. The highest BCUT2D eigenvalue weighted by Crippen LogP contribution is 2.16. The van der Waals surface area contributed by atoms with Crippen molar-refractivity contribution in [2.45, 2.75) is 26.3 Å². The Balaban J connectivity index is 1.96. The largest absolute Gasteiger partial charge is 0.368 e. The van der Waals surface area contributed by atoms with Gasteiger partial charge in [0, 0.05) is 24.7 Å². The van der Waals surface area contributed by atoms with Gasteiger partial charge < -0.3 is 5.32 Å². The highest BCUT2D eigenvalue weighted by atomic mass is 35.5. The van der Waals surface area contributed by atoms with E-state index in [4.69, 9.17) is 11.6 Å². The van der Waals surface area contributed by atoms with Crippen LogP contribution in [0.15, 0.2) is 18.5 Å². The van der Waals surface area contributed by atoms with Crippen LogP contribution in [-0.2, 0) is 6.54 Å². The minimum atomic E-state index is 0.250. The van der Waals surface area contributed by atoms with Gasteiger partial charge >= 0.3 is 0 Å². The first-order valence-electron chi connectivity index (χ1n) is 5.77. The summed E-state index contributed by atoms with van der Waals surface area (Å²) < 4.78 is 1.75. The number of halogens is 1. The molecule has 18 heavy (non-hydrogen) atoms. The van der Waals surface area contributed by atoms with E-state index in [2.05, 4.69) is 25.6 Å². The van der Waals surface area contributed by atoms with E-state index >= 15 is 0 Å². The van der Waals surface area contributed by atoms with Crippen LogP contribution in [0.5, 0.6) is 0 Å². The molecule has 0 atom stereocenters. The van der Waals surface area contributed by atoms with Crippen LogP contribution in [0.4, 0.5) is 5.82 Å². The lowest BCUT2D eigenvalue weighted by molar-refractivity contribution is 0.608. The molecule has 0 unspecified atom stereocenters. The number of aromatic nitrogens is 5. The topological polar surface area (TPSA) is 68.5 Å². The van der Waals surface area contributed by atoms with Crippen LogP contribution in [0.2, 0.25) is 5.15 Å². The maximum absolute atomic E-state index is 5.95. The van der Waals surface area contributed by atoms with Gasteiger partial charge in [-0.1, -0.05) is 30.7 Å². The third-order valence-corrected chi connectivity index (χ3v) is 2.54. The highest BCUT2D eigenvalue weighted by molar-refractivity contribution is 6.29. The normalized spacial score (nSPS) is 10.9. The summed E-state index contributed by atoms with van der Waals surface area (Å²) in [5.74, 6) is 1.73. The number of nitrogens with one attached hydrogen (secondary N) is 1. The van der Waals surface area contributed by atoms with Crippen molar-refractivity contribution in [1.29, 1.82) is 0 Å². The van der Waals surface area contributed by atoms with Crippen molar-refractivity contribution in [3.8, 4) is 0 Å². The van der Waals surface area contributed by atoms with Crippen LogP contribution in [0, 0.1) is 0 Å². The zero-order valence-electron chi connectivity index (χ0n) is 10.3. The number of anilines is 1. The maximum Gasteiger partial charge on any atom is 0.135 e. The van der Waals surface area contributed by atoms with Gasteiger partial charge in [-0.3, -0.25) is 4.68 Å². The second kappa shape index (κ2) is 5.77. The molecule has 0 aliphatic heterocycles. The van der Waals surface area contributed by atoms with Gasteiger partial charge in [0.25, 0.3) is 0 Å². The van der Waals surface area contributed by atoms with E-state index in [1.165, 1.54) is 0 Å². The Morgan fingerprint density at radius 1 is 1.39 bits per heavy atom. The van der Waals surface area contributed by atoms with Crippen molar-refractivity contribution in [1.82, 2.24) is 25.0 Å². The lowest BCUT2D eigenvalue weighted by Crippen LogP contribution is -2.13. The van der Waals surface area contributed by atoms with Gasteiger partial charge in [0.15, 0.2) is 0 Å². The predicted octanol–water partition coefficient (Wildman–Crippen LogP) is 1.96. The van der Waals surface area contributed by atoms with Crippen molar-refractivity contribution in [3.05, 3.63) is 29.4 Å². The Morgan fingerprint density at radius 2 is 2.22 bits per heavy atom. The molecule has 0 aromatic carbocycles. The van der Waals surface area contributed by atoms with Crippen molar-refractivity contribution in [2.75, 3.05) is 11.9 Å². The monoisotopic (exact) mass is 266 g/mol. The summed E-state index contributed by atoms with van der Waals surface area (Å²) in [5.41, 5.74) is 0. The van der Waals surface area contributed by atoms with Crippen molar-refractivity contribution in [3.63, 3.8) is 0 Å². The van der Waals surface area contributed by atoms with E-state index in [9.17, 15) is 0 Å². The number of hydrogen-bond acceptors (Lipinski definition) is 5. The molecule has 0 saturated heterocycles. The molecule has 96 valence electrons. The minimum absolute atomic E-state index is 0.250. The minimum Gasteiger partial charge on any atom is -0.368 e. The third-order valence-electron chi connectivity index (χ3n) is 2.35. The first-order chi connectivity index (χ1) is 8.65. The van der Waals surface area contributed by atoms with Gasteiger partial charge in [-0.15, -0.1) is 5.10 Å². The summed E-state index contributed by atoms with van der Waals surface area (Å²) in [6, 6.07) is 1.72. The van der Waals surface area contributed by atoms with E-state index in [0.29, 0.717) is 11.7 Å². The zero-order chi connectivity index (χ0) is 13.0. The Bertz CT molecular complexity index is 496. The average molecular weight is 267 g/mol. The molecule has 6 nitrogen and oxygen atoms in total. The molecule has 0 radical (unpaired) electrons. The van der Waals surface area contributed by atoms with Crippen LogP contribution < -0.4 is 5.32 Å². The molecule has 0 aliphatic carbocycles. The summed E-state index contributed by atoms with van der Waals surface area (Å²) in [4.78, 5) is 8.58. The van der Waals surface area contributed by atoms with Gasteiger partial charge in [0.1, 0.15) is 16.8 Å². The summed E-state index contributed by atoms with van der Waals surface area (Å²) in [7, 11) is 0. The van der Waals surface area contributed by atoms with E-state index in [-0.39, 0.29) is 5.92 Å². The van der Waals surface area contributed by atoms with E-state index < -0.39 is 0 Å². The number of rotatable bonds is 5. The van der Waals surface area contributed by atoms with Gasteiger partial charge in [-0.05, 0) is 0 Å². The zero-order valence-corrected chi connectivity index (χ0v) is 11.1. The summed E-state index contributed by atoms with van der Waals surface area (Å²) in [6.07, 6.45) is 3.46. The summed E-state index contributed by atoms with van der Waals surface area (Å²) >= 11 is 5.95. The molecule has 0 fully saturated rings. The van der Waals surface area contributed by atoms with Gasteiger partial charge in [-0.25, -0.2) is 9.97 Å². The fourth-order valence-corrected chi connectivity index (χ4v) is 1.62. The lowest BCUT2D eigenvalue weighted by atomic mass is 10.2. The van der Waals surface area contributed by atoms with Crippen LogP contribution in [0.3, 0.4) is 0 Å². The molecular weight excluding hydrogens is 252 g/mol. The predicted molar refractivity (Wildman–Crippen MR) is 69.6 cm³/mol. The molecule has 0 saturated carbocycles. The van der Waals surface area contributed by atoms with Crippen LogP contribution in [0.25, 0.3) is 0 Å². The molecule has 0 amide bonds. The molecule has 0 spiro atoms. The second-order valence-electron chi connectivity index (χ2n) is 4.18. The molecule has 1 N–H and O–H groups in total. The Kier molecular flexibility index (Phi) is 4.09. The number of nitrogens with zero attached hydrogens (tertiary/aromatic N) is 5. The lowest BCUT2D eigenvalue weighted by Gasteiger charge is -2.09. The molecule has 7 heteroatoms. The smallest absolute Gasteiger partial charge is 0.135 e. The Hall–Kier alpha value is -1.69. The average Bonchev–Trinajstić information content (AvgIpc) is 2.81. The van der Waals surface area contributed by atoms with Crippen LogP contribution >= 0.6 is 11.6 Å². The Morgan fingerprint density at radius 3 is 2.89 bits per heavy atom. The van der Waals surface area contributed by atoms with Gasteiger partial charge in [-0.2, -0.15) is 0 Å². The fourth-order valence-electron chi connectivity index (χ4n) is 1.43. The number of hydrogen-bond donors (Lipinski definition) is 1. The standard InChI is InChI=1S/C11H15ClN6/c1-8(2)11-15-9(12)7-10(16-11)13-3-5-18-6-4-14-17-18/h4,6-8H,3,5H2,1-2H3,(H,13,15,16). The SMILES string of the molecule is CC(C)c1nc(Cl)cc(NCCn2ccnn2)n1. The molecule has 2 heterocycles. The summed E-state index contributed by atoms with van der Waals surface area (Å²) in [5, 5.41) is 11.3. The van der Waals surface area contributed by atoms with Crippen LogP contribution in [0.1, 0.15) is 25.6 Å². The van der Waals surface area contributed by atoms with Gasteiger partial charge in [0.2, 0.25) is 0 Å². The molecule has 2 aromatic heterocycles. The molecule has 2 rings (SSSR count). The van der Waals surface area contributed by atoms with Crippen LogP contribution in [-0.4, -0.2) is 31.5 Å². The van der Waals surface area contributed by atoms with E-state index in [0.717, 1.165) is 18.2 Å². The summed E-state index contributed by atoms with van der Waals surface area (Å²) in [6.45, 7) is 5.49. The third kappa shape index (κ3) is 3.40. The van der Waals surface area contributed by atoms with Crippen molar-refractivity contribution < 1.29 is 0 Å². The quantitative estimate of drug-likeness (QED) is 0.838. The second-order valence-corrected chi connectivity index (χ2v) is 4.57. The first kappa shape index (κ1) is 12.8. The maximum atomic E-state index is 5.95.